The maximum Gasteiger partial charge on any atom is 0.329 e. The summed E-state index contributed by atoms with van der Waals surface area (Å²) < 4.78 is 10.4. The van der Waals surface area contributed by atoms with E-state index in [0.29, 0.717) is 26.1 Å². The van der Waals surface area contributed by atoms with Gasteiger partial charge in [0.1, 0.15) is 5.54 Å². The Bertz CT molecular complexity index is 318. The average molecular weight is 257 g/mol. The van der Waals surface area contributed by atoms with E-state index in [4.69, 9.17) is 9.47 Å². The summed E-state index contributed by atoms with van der Waals surface area (Å²) in [5.74, 6) is -1.33. The number of carbonyl (C=O) groups excluding carboxylic acids is 1. The topological polar surface area (TPSA) is 84.9 Å². The van der Waals surface area contributed by atoms with Crippen molar-refractivity contribution in [3.8, 4) is 0 Å². The van der Waals surface area contributed by atoms with Crippen LogP contribution in [0.2, 0.25) is 0 Å². The fraction of sp³-hybridized carbons (Fsp3) is 0.833. The van der Waals surface area contributed by atoms with Crippen LogP contribution in [0.1, 0.15) is 32.1 Å². The van der Waals surface area contributed by atoms with Gasteiger partial charge in [-0.3, -0.25) is 4.79 Å². The van der Waals surface area contributed by atoms with E-state index in [9.17, 15) is 14.7 Å². The molecule has 1 aliphatic carbocycles. The number of rotatable bonds is 3. The standard InChI is InChI=1S/C12H19NO5/c14-10(9-8-17-6-7-18-9)13-12(11(15)16)4-2-1-3-5-12/h9H,1-8H2,(H,13,14)(H,15,16)/t9-/m1/s1. The molecule has 2 N–H and O–H groups in total. The normalized spacial score (nSPS) is 27.4. The number of hydrogen-bond acceptors (Lipinski definition) is 4. The maximum atomic E-state index is 12.0. The molecule has 6 nitrogen and oxygen atoms in total. The largest absolute Gasteiger partial charge is 0.480 e. The Morgan fingerprint density at radius 2 is 1.89 bits per heavy atom. The number of amides is 1. The zero-order valence-corrected chi connectivity index (χ0v) is 10.3. The second kappa shape index (κ2) is 5.67. The van der Waals surface area contributed by atoms with Crippen LogP contribution in [0.25, 0.3) is 0 Å². The van der Waals surface area contributed by atoms with Crippen molar-refractivity contribution in [3.63, 3.8) is 0 Å². The third kappa shape index (κ3) is 2.81. The molecule has 2 rings (SSSR count). The molecule has 2 fully saturated rings. The maximum absolute atomic E-state index is 12.0. The minimum atomic E-state index is -1.11. The van der Waals surface area contributed by atoms with E-state index in [1.165, 1.54) is 0 Å². The highest BCUT2D eigenvalue weighted by Gasteiger charge is 2.42. The number of nitrogens with one attached hydrogen (secondary N) is 1. The Balaban J connectivity index is 1.99. The zero-order valence-electron chi connectivity index (χ0n) is 10.3. The fourth-order valence-corrected chi connectivity index (χ4v) is 2.50. The molecule has 0 bridgehead atoms. The molecule has 1 atom stereocenters. The molecule has 18 heavy (non-hydrogen) atoms. The minimum absolute atomic E-state index is 0.196. The third-order valence-electron chi connectivity index (χ3n) is 3.59. The lowest BCUT2D eigenvalue weighted by molar-refractivity contribution is -0.157. The summed E-state index contributed by atoms with van der Waals surface area (Å²) in [6.45, 7) is 1.05. The van der Waals surface area contributed by atoms with Crippen LogP contribution in [0.4, 0.5) is 0 Å². The first kappa shape index (κ1) is 13.3. The highest BCUT2D eigenvalue weighted by atomic mass is 16.6. The molecule has 102 valence electrons. The molecule has 0 aromatic heterocycles. The molecule has 2 aliphatic rings. The Hall–Kier alpha value is -1.14. The van der Waals surface area contributed by atoms with Crippen molar-refractivity contribution in [1.82, 2.24) is 5.32 Å². The lowest BCUT2D eigenvalue weighted by atomic mass is 9.81. The molecule has 1 saturated carbocycles. The Morgan fingerprint density at radius 1 is 1.17 bits per heavy atom. The van der Waals surface area contributed by atoms with Gasteiger partial charge in [0.25, 0.3) is 5.91 Å². The summed E-state index contributed by atoms with van der Waals surface area (Å²) in [5.41, 5.74) is -1.11. The molecular weight excluding hydrogens is 238 g/mol. The summed E-state index contributed by atoms with van der Waals surface area (Å²) in [6, 6.07) is 0. The molecule has 1 aliphatic heterocycles. The van der Waals surface area contributed by atoms with Gasteiger partial charge < -0.3 is 19.9 Å². The molecule has 1 heterocycles. The molecule has 0 aromatic carbocycles. The monoisotopic (exact) mass is 257 g/mol. The molecule has 1 amide bonds. The van der Waals surface area contributed by atoms with Gasteiger partial charge in [-0.15, -0.1) is 0 Å². The minimum Gasteiger partial charge on any atom is -0.480 e. The quantitative estimate of drug-likeness (QED) is 0.760. The zero-order chi connectivity index (χ0) is 13.0. The van der Waals surface area contributed by atoms with Crippen molar-refractivity contribution in [2.75, 3.05) is 19.8 Å². The van der Waals surface area contributed by atoms with Gasteiger partial charge in [0.05, 0.1) is 19.8 Å². The Morgan fingerprint density at radius 3 is 2.44 bits per heavy atom. The van der Waals surface area contributed by atoms with Crippen molar-refractivity contribution in [3.05, 3.63) is 0 Å². The van der Waals surface area contributed by atoms with Gasteiger partial charge in [0.15, 0.2) is 6.10 Å². The SMILES string of the molecule is O=C(NC1(C(=O)O)CCCCC1)[C@H]1COCCO1. The lowest BCUT2D eigenvalue weighted by Crippen LogP contribution is -2.59. The number of carboxylic acid groups (broad SMARTS) is 1. The summed E-state index contributed by atoms with van der Waals surface area (Å²) in [6.07, 6.45) is 2.97. The number of hydrogen-bond donors (Lipinski definition) is 2. The van der Waals surface area contributed by atoms with Crippen molar-refractivity contribution >= 4 is 11.9 Å². The smallest absolute Gasteiger partial charge is 0.329 e. The molecule has 0 radical (unpaired) electrons. The predicted molar refractivity (Wildman–Crippen MR) is 62.2 cm³/mol. The van der Waals surface area contributed by atoms with Crippen LogP contribution < -0.4 is 5.32 Å². The van der Waals surface area contributed by atoms with E-state index in [0.717, 1.165) is 19.3 Å². The second-order valence-electron chi connectivity index (χ2n) is 4.87. The van der Waals surface area contributed by atoms with Gasteiger partial charge in [0, 0.05) is 0 Å². The number of carbonyl (C=O) groups is 2. The van der Waals surface area contributed by atoms with E-state index in [-0.39, 0.29) is 12.5 Å². The summed E-state index contributed by atoms with van der Waals surface area (Å²) in [5, 5.41) is 12.0. The van der Waals surface area contributed by atoms with E-state index in [2.05, 4.69) is 5.32 Å². The summed E-state index contributed by atoms with van der Waals surface area (Å²) in [7, 11) is 0. The molecule has 6 heteroatoms. The highest BCUT2D eigenvalue weighted by Crippen LogP contribution is 2.28. The molecule has 0 aromatic rings. The lowest BCUT2D eigenvalue weighted by Gasteiger charge is -2.35. The van der Waals surface area contributed by atoms with E-state index in [1.807, 2.05) is 0 Å². The van der Waals surface area contributed by atoms with Gasteiger partial charge in [-0.2, -0.15) is 0 Å². The number of aliphatic carboxylic acids is 1. The summed E-state index contributed by atoms with van der Waals surface area (Å²) >= 11 is 0. The van der Waals surface area contributed by atoms with Crippen LogP contribution in [0.3, 0.4) is 0 Å². The van der Waals surface area contributed by atoms with Crippen LogP contribution in [0.5, 0.6) is 0 Å². The molecule has 0 spiro atoms. The van der Waals surface area contributed by atoms with Crippen molar-refractivity contribution in [1.29, 1.82) is 0 Å². The van der Waals surface area contributed by atoms with Gasteiger partial charge in [-0.25, -0.2) is 4.79 Å². The summed E-state index contributed by atoms with van der Waals surface area (Å²) in [4.78, 5) is 23.4. The Labute approximate surface area is 106 Å². The number of ether oxygens (including phenoxy) is 2. The van der Waals surface area contributed by atoms with Crippen molar-refractivity contribution in [2.45, 2.75) is 43.7 Å². The van der Waals surface area contributed by atoms with Crippen LogP contribution in [-0.4, -0.2) is 48.4 Å². The first-order valence-corrected chi connectivity index (χ1v) is 6.39. The average Bonchev–Trinajstić information content (AvgIpc) is 2.40. The van der Waals surface area contributed by atoms with Crippen LogP contribution in [-0.2, 0) is 19.1 Å². The molecular formula is C12H19NO5. The van der Waals surface area contributed by atoms with Crippen LogP contribution in [0.15, 0.2) is 0 Å². The van der Waals surface area contributed by atoms with Crippen molar-refractivity contribution < 1.29 is 24.2 Å². The third-order valence-corrected chi connectivity index (χ3v) is 3.59. The van der Waals surface area contributed by atoms with Crippen LogP contribution >= 0.6 is 0 Å². The first-order chi connectivity index (χ1) is 8.64. The Kier molecular flexibility index (Phi) is 4.19. The van der Waals surface area contributed by atoms with E-state index < -0.39 is 17.6 Å². The number of carboxylic acids is 1. The van der Waals surface area contributed by atoms with Gasteiger partial charge in [0.2, 0.25) is 0 Å². The molecule has 1 saturated heterocycles. The van der Waals surface area contributed by atoms with Gasteiger partial charge >= 0.3 is 5.97 Å². The van der Waals surface area contributed by atoms with Gasteiger partial charge in [-0.05, 0) is 12.8 Å². The highest BCUT2D eigenvalue weighted by molar-refractivity contribution is 5.89. The van der Waals surface area contributed by atoms with Gasteiger partial charge in [-0.1, -0.05) is 19.3 Å². The predicted octanol–water partition coefficient (Wildman–Crippen LogP) is 0.305. The first-order valence-electron chi connectivity index (χ1n) is 6.39. The second-order valence-corrected chi connectivity index (χ2v) is 4.87. The van der Waals surface area contributed by atoms with Crippen molar-refractivity contribution in [2.24, 2.45) is 0 Å². The van der Waals surface area contributed by atoms with E-state index >= 15 is 0 Å². The van der Waals surface area contributed by atoms with Crippen LogP contribution in [0, 0.1) is 0 Å². The fourth-order valence-electron chi connectivity index (χ4n) is 2.50. The molecule has 0 unspecified atom stereocenters. The van der Waals surface area contributed by atoms with E-state index in [1.54, 1.807) is 0 Å².